The van der Waals surface area contributed by atoms with E-state index in [-0.39, 0.29) is 6.61 Å². The van der Waals surface area contributed by atoms with E-state index in [0.717, 1.165) is 21.3 Å². The van der Waals surface area contributed by atoms with Crippen LogP contribution in [0.3, 0.4) is 0 Å². The lowest BCUT2D eigenvalue weighted by Crippen LogP contribution is -2.03. The number of halogens is 1. The van der Waals surface area contributed by atoms with E-state index in [9.17, 15) is 0 Å². The van der Waals surface area contributed by atoms with Crippen LogP contribution < -0.4 is 11.1 Å². The van der Waals surface area contributed by atoms with Gasteiger partial charge < -0.3 is 16.2 Å². The highest BCUT2D eigenvalue weighted by atomic mass is 79.9. The number of rotatable bonds is 2. The number of nitrogens with one attached hydrogen (secondary N) is 1. The molecular weight excluding hydrogens is 232 g/mol. The number of hydrogen-bond acceptors (Lipinski definition) is 3. The maximum atomic E-state index is 9.07. The molecule has 0 unspecified atom stereocenters. The molecule has 0 aromatic heterocycles. The first kappa shape index (κ1) is 10.3. The molecule has 0 heterocycles. The van der Waals surface area contributed by atoms with E-state index in [1.807, 2.05) is 13.0 Å². The van der Waals surface area contributed by atoms with Gasteiger partial charge in [0.05, 0.1) is 18.0 Å². The molecular formula is C9H13BrN2O. The quantitative estimate of drug-likeness (QED) is 0.697. The fourth-order valence-corrected chi connectivity index (χ4v) is 1.73. The molecule has 0 aliphatic heterocycles. The average Bonchev–Trinajstić information content (AvgIpc) is 2.13. The van der Waals surface area contributed by atoms with Crippen LogP contribution >= 0.6 is 15.9 Å². The minimum absolute atomic E-state index is 0.0146. The summed E-state index contributed by atoms with van der Waals surface area (Å²) in [6.45, 7) is 1.92. The first-order valence-corrected chi connectivity index (χ1v) is 4.77. The van der Waals surface area contributed by atoms with Crippen molar-refractivity contribution in [2.75, 3.05) is 18.1 Å². The lowest BCUT2D eigenvalue weighted by molar-refractivity contribution is 0.282. The molecule has 0 aliphatic rings. The summed E-state index contributed by atoms with van der Waals surface area (Å²) in [7, 11) is 1.79. The molecule has 0 saturated carbocycles. The van der Waals surface area contributed by atoms with Crippen molar-refractivity contribution in [3.63, 3.8) is 0 Å². The second kappa shape index (κ2) is 3.98. The van der Waals surface area contributed by atoms with Crippen molar-refractivity contribution in [2.24, 2.45) is 0 Å². The highest BCUT2D eigenvalue weighted by molar-refractivity contribution is 9.10. The van der Waals surface area contributed by atoms with Crippen LogP contribution in [0.5, 0.6) is 0 Å². The van der Waals surface area contributed by atoms with E-state index >= 15 is 0 Å². The number of aliphatic hydroxyl groups is 1. The van der Waals surface area contributed by atoms with Gasteiger partial charge in [0.1, 0.15) is 0 Å². The normalized spacial score (nSPS) is 10.2. The van der Waals surface area contributed by atoms with Crippen LogP contribution in [0.25, 0.3) is 0 Å². The predicted octanol–water partition coefficient (Wildman–Crippen LogP) is 1.87. The Kier molecular flexibility index (Phi) is 3.17. The van der Waals surface area contributed by atoms with Gasteiger partial charge in [0.25, 0.3) is 0 Å². The van der Waals surface area contributed by atoms with Gasteiger partial charge in [-0.3, -0.25) is 0 Å². The molecule has 3 nitrogen and oxygen atoms in total. The van der Waals surface area contributed by atoms with E-state index in [1.165, 1.54) is 0 Å². The third-order valence-corrected chi connectivity index (χ3v) is 2.90. The van der Waals surface area contributed by atoms with Crippen LogP contribution in [-0.2, 0) is 6.61 Å². The monoisotopic (exact) mass is 244 g/mol. The zero-order valence-corrected chi connectivity index (χ0v) is 9.27. The average molecular weight is 245 g/mol. The smallest absolute Gasteiger partial charge is 0.0703 e. The number of hydrogen-bond donors (Lipinski definition) is 3. The fourth-order valence-electron chi connectivity index (χ4n) is 1.24. The molecule has 4 N–H and O–H groups in total. The highest BCUT2D eigenvalue weighted by Gasteiger charge is 2.09. The van der Waals surface area contributed by atoms with E-state index in [4.69, 9.17) is 10.8 Å². The Labute approximate surface area is 86.1 Å². The fraction of sp³-hybridized carbons (Fsp3) is 0.333. The number of nitrogen functional groups attached to an aromatic ring is 1. The van der Waals surface area contributed by atoms with Crippen molar-refractivity contribution in [1.29, 1.82) is 0 Å². The SMILES string of the molecule is CNc1c(CO)cc(Br)c(C)c1N. The summed E-state index contributed by atoms with van der Waals surface area (Å²) in [5.74, 6) is 0. The lowest BCUT2D eigenvalue weighted by Gasteiger charge is -2.13. The van der Waals surface area contributed by atoms with Gasteiger partial charge in [-0.15, -0.1) is 0 Å². The van der Waals surface area contributed by atoms with Gasteiger partial charge in [0, 0.05) is 17.1 Å². The van der Waals surface area contributed by atoms with Gasteiger partial charge in [-0.05, 0) is 18.6 Å². The van der Waals surface area contributed by atoms with Crippen molar-refractivity contribution in [1.82, 2.24) is 0 Å². The molecule has 72 valence electrons. The van der Waals surface area contributed by atoms with Crippen LogP contribution in [0.1, 0.15) is 11.1 Å². The Bertz CT molecular complexity index is 326. The van der Waals surface area contributed by atoms with Crippen molar-refractivity contribution in [3.05, 3.63) is 21.7 Å². The Balaban J connectivity index is 3.39. The van der Waals surface area contributed by atoms with Crippen molar-refractivity contribution < 1.29 is 5.11 Å². The van der Waals surface area contributed by atoms with Crippen molar-refractivity contribution in [2.45, 2.75) is 13.5 Å². The summed E-state index contributed by atoms with van der Waals surface area (Å²) < 4.78 is 0.924. The van der Waals surface area contributed by atoms with Crippen LogP contribution in [0.4, 0.5) is 11.4 Å². The zero-order chi connectivity index (χ0) is 10.0. The maximum absolute atomic E-state index is 9.07. The van der Waals surface area contributed by atoms with Gasteiger partial charge >= 0.3 is 0 Å². The van der Waals surface area contributed by atoms with Gasteiger partial charge in [-0.25, -0.2) is 0 Å². The Morgan fingerprint density at radius 3 is 2.69 bits per heavy atom. The molecule has 13 heavy (non-hydrogen) atoms. The van der Waals surface area contributed by atoms with E-state index in [0.29, 0.717) is 5.69 Å². The minimum Gasteiger partial charge on any atom is -0.397 e. The Morgan fingerprint density at radius 1 is 1.62 bits per heavy atom. The number of anilines is 2. The topological polar surface area (TPSA) is 58.3 Å². The van der Waals surface area contributed by atoms with Crippen molar-refractivity contribution in [3.8, 4) is 0 Å². The Hall–Kier alpha value is -0.740. The molecule has 0 bridgehead atoms. The highest BCUT2D eigenvalue weighted by Crippen LogP contribution is 2.32. The third kappa shape index (κ3) is 1.78. The zero-order valence-electron chi connectivity index (χ0n) is 7.69. The molecule has 0 aliphatic carbocycles. The Morgan fingerprint density at radius 2 is 2.23 bits per heavy atom. The molecule has 0 spiro atoms. The molecule has 4 heteroatoms. The van der Waals surface area contributed by atoms with Crippen LogP contribution in [0.15, 0.2) is 10.5 Å². The summed E-state index contributed by atoms with van der Waals surface area (Å²) in [5.41, 5.74) is 9.15. The number of aliphatic hydroxyl groups excluding tert-OH is 1. The van der Waals surface area contributed by atoms with E-state index in [1.54, 1.807) is 7.05 Å². The summed E-state index contributed by atoms with van der Waals surface area (Å²) in [6.07, 6.45) is 0. The molecule has 0 atom stereocenters. The summed E-state index contributed by atoms with van der Waals surface area (Å²) in [5, 5.41) is 12.0. The third-order valence-electron chi connectivity index (χ3n) is 2.07. The first-order chi connectivity index (χ1) is 6.11. The van der Waals surface area contributed by atoms with Crippen molar-refractivity contribution >= 4 is 27.3 Å². The van der Waals surface area contributed by atoms with Gasteiger partial charge in [-0.2, -0.15) is 0 Å². The molecule has 1 aromatic carbocycles. The van der Waals surface area contributed by atoms with Gasteiger partial charge in [0.2, 0.25) is 0 Å². The van der Waals surface area contributed by atoms with Crippen LogP contribution in [-0.4, -0.2) is 12.2 Å². The molecule has 0 radical (unpaired) electrons. The standard InChI is InChI=1S/C9H13BrN2O/c1-5-7(10)3-6(4-13)9(12-2)8(5)11/h3,12-13H,4,11H2,1-2H3. The number of nitrogens with two attached hydrogens (primary N) is 1. The summed E-state index contributed by atoms with van der Waals surface area (Å²) in [4.78, 5) is 0. The summed E-state index contributed by atoms with van der Waals surface area (Å²) in [6, 6.07) is 1.87. The molecule has 0 saturated heterocycles. The van der Waals surface area contributed by atoms with E-state index in [2.05, 4.69) is 21.2 Å². The first-order valence-electron chi connectivity index (χ1n) is 3.97. The minimum atomic E-state index is -0.0146. The largest absolute Gasteiger partial charge is 0.397 e. The molecule has 0 amide bonds. The molecule has 1 rings (SSSR count). The van der Waals surface area contributed by atoms with Crippen LogP contribution in [0.2, 0.25) is 0 Å². The summed E-state index contributed by atoms with van der Waals surface area (Å²) >= 11 is 3.38. The van der Waals surface area contributed by atoms with E-state index < -0.39 is 0 Å². The van der Waals surface area contributed by atoms with Gasteiger partial charge in [-0.1, -0.05) is 15.9 Å². The number of benzene rings is 1. The maximum Gasteiger partial charge on any atom is 0.0703 e. The molecule has 1 aromatic rings. The molecule has 0 fully saturated rings. The lowest BCUT2D eigenvalue weighted by atomic mass is 10.1. The second-order valence-corrected chi connectivity index (χ2v) is 3.69. The van der Waals surface area contributed by atoms with Crippen LogP contribution in [0, 0.1) is 6.92 Å². The van der Waals surface area contributed by atoms with Gasteiger partial charge in [0.15, 0.2) is 0 Å². The second-order valence-electron chi connectivity index (χ2n) is 2.84. The predicted molar refractivity (Wildman–Crippen MR) is 58.8 cm³/mol.